The molecule has 2 aliphatic carbocycles. The molecule has 0 aliphatic heterocycles. The third-order valence-corrected chi connectivity index (χ3v) is 3.53. The topological polar surface area (TPSA) is 46.2 Å². The summed E-state index contributed by atoms with van der Waals surface area (Å²) in [7, 11) is 0. The first-order chi connectivity index (χ1) is 10.2. The van der Waals surface area contributed by atoms with E-state index in [0.29, 0.717) is 10.6 Å². The molecule has 3 rings (SSSR count). The van der Waals surface area contributed by atoms with Crippen molar-refractivity contribution in [1.29, 1.82) is 0 Å². The molecule has 3 N–H and O–H groups in total. The molecule has 1 unspecified atom stereocenters. The van der Waals surface area contributed by atoms with Gasteiger partial charge in [0.15, 0.2) is 0 Å². The van der Waals surface area contributed by atoms with E-state index in [2.05, 4.69) is 0 Å². The maximum Gasteiger partial charge on any atom is 2.00 e. The van der Waals surface area contributed by atoms with Crippen molar-refractivity contribution in [3.05, 3.63) is 98.6 Å². The third kappa shape index (κ3) is 5.25. The molecule has 10 radical (unpaired) electrons. The summed E-state index contributed by atoms with van der Waals surface area (Å²) in [5, 5.41) is 11.2. The van der Waals surface area contributed by atoms with Crippen molar-refractivity contribution in [3.63, 3.8) is 0 Å². The molecule has 2 fully saturated rings. The van der Waals surface area contributed by atoms with E-state index in [1.165, 1.54) is 0 Å². The normalized spacial score (nSPS) is 20.7. The van der Waals surface area contributed by atoms with Crippen molar-refractivity contribution in [1.82, 2.24) is 0 Å². The Morgan fingerprint density at radius 1 is 0.955 bits per heavy atom. The summed E-state index contributed by atoms with van der Waals surface area (Å²) >= 11 is 5.92. The molecule has 4 heteroatoms. The Kier molecular flexibility index (Phi) is 9.04. The Bertz CT molecular complexity index is 425. The van der Waals surface area contributed by atoms with Gasteiger partial charge < -0.3 is 10.8 Å². The number of halogens is 1. The number of hydrogen-bond donors (Lipinski definition) is 2. The van der Waals surface area contributed by atoms with Gasteiger partial charge in [0.1, 0.15) is 5.60 Å². The Labute approximate surface area is 150 Å². The maximum atomic E-state index is 10.6. The average molecular weight is 356 g/mol. The predicted molar refractivity (Wildman–Crippen MR) is 86.3 cm³/mol. The molecule has 0 saturated heterocycles. The van der Waals surface area contributed by atoms with E-state index in [1.54, 1.807) is 18.2 Å². The standard InChI is InChI=1S/C13H13ClNO.C5H5.Fe/c14-12-7-3-6-11(8-12)13(16,9-15)10-4-1-2-5-10;1-2-4-5-3-1;/h1-8,16H,9,15H2;1-5H;/q;;+2. The molecule has 2 saturated carbocycles. The zero-order valence-corrected chi connectivity index (χ0v) is 13.8. The van der Waals surface area contributed by atoms with Gasteiger partial charge in [-0.1, -0.05) is 23.7 Å². The van der Waals surface area contributed by atoms with Gasteiger partial charge >= 0.3 is 17.1 Å². The van der Waals surface area contributed by atoms with Crippen LogP contribution in [-0.4, -0.2) is 11.7 Å². The average Bonchev–Trinajstić information content (AvgIpc) is 3.21. The molecule has 2 aliphatic rings. The van der Waals surface area contributed by atoms with Crippen LogP contribution in [0, 0.1) is 63.7 Å². The minimum absolute atomic E-state index is 0. The van der Waals surface area contributed by atoms with Gasteiger partial charge in [0, 0.05) is 17.5 Å². The number of nitrogens with two attached hydrogens (primary N) is 1. The van der Waals surface area contributed by atoms with E-state index >= 15 is 0 Å². The molecule has 22 heavy (non-hydrogen) atoms. The summed E-state index contributed by atoms with van der Waals surface area (Å²) in [4.78, 5) is 0. The van der Waals surface area contributed by atoms with E-state index in [4.69, 9.17) is 17.3 Å². The second-order valence-electron chi connectivity index (χ2n) is 4.71. The summed E-state index contributed by atoms with van der Waals surface area (Å²) in [6, 6.07) is 7.14. The summed E-state index contributed by atoms with van der Waals surface area (Å²) in [6.45, 7) is 0.122. The summed E-state index contributed by atoms with van der Waals surface area (Å²) in [5.74, 6) is 0.789. The molecule has 0 spiro atoms. The van der Waals surface area contributed by atoms with Crippen LogP contribution in [0.1, 0.15) is 5.56 Å². The van der Waals surface area contributed by atoms with E-state index < -0.39 is 5.60 Å². The second kappa shape index (κ2) is 9.95. The molecule has 0 heterocycles. The Morgan fingerprint density at radius 2 is 1.50 bits per heavy atom. The second-order valence-corrected chi connectivity index (χ2v) is 5.15. The first-order valence-electron chi connectivity index (χ1n) is 6.74. The molecular formula is C18H18ClFeNO+2. The van der Waals surface area contributed by atoms with Crippen LogP contribution in [-0.2, 0) is 22.7 Å². The molecule has 0 aromatic heterocycles. The molecule has 2 nitrogen and oxygen atoms in total. The molecule has 1 aromatic carbocycles. The molecule has 0 amide bonds. The van der Waals surface area contributed by atoms with Crippen molar-refractivity contribution >= 4 is 11.6 Å². The van der Waals surface area contributed by atoms with E-state index in [1.807, 2.05) is 63.9 Å². The Balaban J connectivity index is 0.000000344. The zero-order valence-electron chi connectivity index (χ0n) is 12.0. The fourth-order valence-electron chi connectivity index (χ4n) is 2.12. The Morgan fingerprint density at radius 3 is 1.95 bits per heavy atom. The van der Waals surface area contributed by atoms with Crippen LogP contribution >= 0.6 is 11.6 Å². The van der Waals surface area contributed by atoms with Crippen LogP contribution in [0.25, 0.3) is 0 Å². The molecule has 1 atom stereocenters. The third-order valence-electron chi connectivity index (χ3n) is 3.29. The summed E-state index contributed by atoms with van der Waals surface area (Å²) in [6.07, 6.45) is 17.5. The Hall–Kier alpha value is -0.0505. The SMILES string of the molecule is NCC(O)([C]1[CH][CH][CH][CH]1)c1cccc(Cl)c1.[CH]1[CH][CH][CH][CH]1.[Fe+2]. The molecule has 0 bridgehead atoms. The van der Waals surface area contributed by atoms with Crippen LogP contribution in [0.15, 0.2) is 24.3 Å². The zero-order chi connectivity index (χ0) is 15.1. The van der Waals surface area contributed by atoms with Gasteiger partial charge in [0.2, 0.25) is 0 Å². The van der Waals surface area contributed by atoms with Gasteiger partial charge in [-0.05, 0) is 75.5 Å². The van der Waals surface area contributed by atoms with Crippen molar-refractivity contribution in [2.24, 2.45) is 5.73 Å². The van der Waals surface area contributed by atoms with Crippen molar-refractivity contribution in [2.45, 2.75) is 5.60 Å². The number of rotatable bonds is 3. The van der Waals surface area contributed by atoms with Gasteiger partial charge in [-0.3, -0.25) is 0 Å². The van der Waals surface area contributed by atoms with Crippen molar-refractivity contribution < 1.29 is 22.2 Å². The van der Waals surface area contributed by atoms with Crippen molar-refractivity contribution in [3.8, 4) is 0 Å². The van der Waals surface area contributed by atoms with Crippen LogP contribution in [0.2, 0.25) is 5.02 Å². The maximum absolute atomic E-state index is 10.6. The van der Waals surface area contributed by atoms with E-state index in [-0.39, 0.29) is 23.6 Å². The van der Waals surface area contributed by atoms with Crippen LogP contribution in [0.4, 0.5) is 0 Å². The van der Waals surface area contributed by atoms with Crippen molar-refractivity contribution in [2.75, 3.05) is 6.54 Å². The van der Waals surface area contributed by atoms with Gasteiger partial charge in [-0.15, -0.1) is 0 Å². The first-order valence-corrected chi connectivity index (χ1v) is 7.12. The van der Waals surface area contributed by atoms with Crippen LogP contribution in [0.5, 0.6) is 0 Å². The molecular weight excluding hydrogens is 338 g/mol. The fourth-order valence-corrected chi connectivity index (χ4v) is 2.31. The van der Waals surface area contributed by atoms with E-state index in [0.717, 1.165) is 5.92 Å². The van der Waals surface area contributed by atoms with Gasteiger partial charge in [0.25, 0.3) is 0 Å². The minimum atomic E-state index is -1.16. The number of benzene rings is 1. The smallest absolute Gasteiger partial charge is 0.383 e. The molecule has 1 aromatic rings. The summed E-state index contributed by atoms with van der Waals surface area (Å²) in [5.41, 5.74) is 5.25. The first kappa shape index (κ1) is 20.0. The van der Waals surface area contributed by atoms with Crippen LogP contribution < -0.4 is 5.73 Å². The van der Waals surface area contributed by atoms with Gasteiger partial charge in [-0.2, -0.15) is 0 Å². The van der Waals surface area contributed by atoms with Gasteiger partial charge in [-0.25, -0.2) is 0 Å². The molecule has 114 valence electrons. The monoisotopic (exact) mass is 355 g/mol. The number of hydrogen-bond acceptors (Lipinski definition) is 2. The van der Waals surface area contributed by atoms with E-state index in [9.17, 15) is 5.11 Å². The minimum Gasteiger partial charge on any atom is -0.383 e. The predicted octanol–water partition coefficient (Wildman–Crippen LogP) is 2.91. The van der Waals surface area contributed by atoms with Gasteiger partial charge in [0.05, 0.1) is 0 Å². The number of aliphatic hydroxyl groups is 1. The largest absolute Gasteiger partial charge is 2.00 e. The fraction of sp³-hybridized carbons (Fsp3) is 0.111. The van der Waals surface area contributed by atoms with Crippen LogP contribution in [0.3, 0.4) is 0 Å². The summed E-state index contributed by atoms with van der Waals surface area (Å²) < 4.78 is 0. The quantitative estimate of drug-likeness (QED) is 0.819.